The maximum absolute atomic E-state index is 10.7. The summed E-state index contributed by atoms with van der Waals surface area (Å²) in [4.78, 5) is 10.7. The third-order valence-corrected chi connectivity index (χ3v) is 2.60. The van der Waals surface area contributed by atoms with Crippen molar-refractivity contribution in [2.45, 2.75) is 19.3 Å². The lowest BCUT2D eigenvalue weighted by molar-refractivity contribution is -0.111. The van der Waals surface area contributed by atoms with E-state index in [4.69, 9.17) is 0 Å². The molecule has 0 N–H and O–H groups in total. The number of hydrogen-bond acceptors (Lipinski definition) is 1. The van der Waals surface area contributed by atoms with Gasteiger partial charge in [0.05, 0.1) is 0 Å². The number of rotatable bonds is 2. The highest BCUT2D eigenvalue weighted by atomic mass is 127. The van der Waals surface area contributed by atoms with E-state index in [1.54, 1.807) is 0 Å². The highest BCUT2D eigenvalue weighted by Crippen LogP contribution is 2.20. The molecular formula is C10H11IO. The third kappa shape index (κ3) is 2.06. The quantitative estimate of drug-likeness (QED) is 0.598. The maximum Gasteiger partial charge on any atom is 0.129 e. The molecule has 1 rings (SSSR count). The molecule has 0 heterocycles. The molecule has 64 valence electrons. The fourth-order valence-corrected chi connectivity index (χ4v) is 1.31. The van der Waals surface area contributed by atoms with E-state index in [0.29, 0.717) is 0 Å². The van der Waals surface area contributed by atoms with Crippen LogP contribution in [0.2, 0.25) is 0 Å². The van der Waals surface area contributed by atoms with Crippen molar-refractivity contribution in [3.05, 3.63) is 33.4 Å². The molecule has 0 aromatic heterocycles. The Kier molecular flexibility index (Phi) is 2.88. The molecule has 0 saturated carbocycles. The first-order valence-electron chi connectivity index (χ1n) is 3.78. The van der Waals surface area contributed by atoms with Gasteiger partial charge < -0.3 is 4.79 Å². The first-order chi connectivity index (χ1) is 5.56. The molecule has 0 aliphatic carbocycles. The zero-order chi connectivity index (χ0) is 9.19. The van der Waals surface area contributed by atoms with Gasteiger partial charge in [-0.25, -0.2) is 0 Å². The van der Waals surface area contributed by atoms with Crippen molar-refractivity contribution in [2.24, 2.45) is 0 Å². The van der Waals surface area contributed by atoms with E-state index >= 15 is 0 Å². The second kappa shape index (κ2) is 3.56. The van der Waals surface area contributed by atoms with Gasteiger partial charge in [-0.3, -0.25) is 0 Å². The van der Waals surface area contributed by atoms with Gasteiger partial charge in [-0.15, -0.1) is 0 Å². The minimum Gasteiger partial charge on any atom is -0.302 e. The smallest absolute Gasteiger partial charge is 0.129 e. The van der Waals surface area contributed by atoms with Gasteiger partial charge in [0.15, 0.2) is 0 Å². The van der Waals surface area contributed by atoms with Crippen LogP contribution < -0.4 is 0 Å². The summed E-state index contributed by atoms with van der Waals surface area (Å²) in [7, 11) is 0. The molecule has 0 aliphatic rings. The third-order valence-electron chi connectivity index (χ3n) is 1.88. The fraction of sp³-hybridized carbons (Fsp3) is 0.300. The first-order valence-corrected chi connectivity index (χ1v) is 4.86. The molecule has 0 radical (unpaired) electrons. The topological polar surface area (TPSA) is 17.1 Å². The molecule has 0 saturated heterocycles. The number of halogens is 1. The molecule has 0 amide bonds. The Labute approximate surface area is 86.3 Å². The van der Waals surface area contributed by atoms with Crippen molar-refractivity contribution in [3.8, 4) is 0 Å². The standard InChI is InChI=1S/C10H11IO/c1-10(2,7-12)8-3-5-9(11)6-4-8/h3-7H,1-2H3. The molecule has 1 aromatic rings. The lowest BCUT2D eigenvalue weighted by atomic mass is 9.87. The summed E-state index contributed by atoms with van der Waals surface area (Å²) in [6, 6.07) is 8.02. The van der Waals surface area contributed by atoms with Crippen LogP contribution in [0.1, 0.15) is 19.4 Å². The average Bonchev–Trinajstić information content (AvgIpc) is 2.05. The molecule has 0 spiro atoms. The van der Waals surface area contributed by atoms with Crippen LogP contribution in [-0.4, -0.2) is 6.29 Å². The van der Waals surface area contributed by atoms with Crippen molar-refractivity contribution in [2.75, 3.05) is 0 Å². The van der Waals surface area contributed by atoms with Crippen LogP contribution in [0, 0.1) is 3.57 Å². The highest BCUT2D eigenvalue weighted by Gasteiger charge is 2.18. The molecule has 0 unspecified atom stereocenters. The minimum atomic E-state index is -0.357. The Bertz CT molecular complexity index is 274. The maximum atomic E-state index is 10.7. The van der Waals surface area contributed by atoms with E-state index in [-0.39, 0.29) is 5.41 Å². The van der Waals surface area contributed by atoms with Gasteiger partial charge in [-0.1, -0.05) is 12.1 Å². The van der Waals surface area contributed by atoms with Gasteiger partial charge >= 0.3 is 0 Å². The molecule has 0 aliphatic heterocycles. The van der Waals surface area contributed by atoms with Gasteiger partial charge in [0.2, 0.25) is 0 Å². The zero-order valence-corrected chi connectivity index (χ0v) is 9.33. The SMILES string of the molecule is CC(C)(C=O)c1ccc(I)cc1. The van der Waals surface area contributed by atoms with Crippen LogP contribution in [-0.2, 0) is 10.2 Å². The van der Waals surface area contributed by atoms with Crippen molar-refractivity contribution < 1.29 is 4.79 Å². The predicted octanol–water partition coefficient (Wildman–Crippen LogP) is 2.77. The number of hydrogen-bond donors (Lipinski definition) is 0. The second-order valence-corrected chi connectivity index (χ2v) is 4.59. The van der Waals surface area contributed by atoms with Crippen molar-refractivity contribution in [3.63, 3.8) is 0 Å². The normalized spacial score (nSPS) is 11.2. The number of aldehydes is 1. The van der Waals surface area contributed by atoms with E-state index in [2.05, 4.69) is 22.6 Å². The fourth-order valence-electron chi connectivity index (χ4n) is 0.947. The van der Waals surface area contributed by atoms with E-state index in [1.165, 1.54) is 3.57 Å². The first kappa shape index (κ1) is 9.71. The molecule has 0 atom stereocenters. The van der Waals surface area contributed by atoms with Crippen LogP contribution in [0.4, 0.5) is 0 Å². The molecule has 1 nitrogen and oxygen atoms in total. The summed E-state index contributed by atoms with van der Waals surface area (Å²) in [5.74, 6) is 0. The number of carbonyl (C=O) groups excluding carboxylic acids is 1. The van der Waals surface area contributed by atoms with Gasteiger partial charge in [0.25, 0.3) is 0 Å². The molecule has 0 bridgehead atoms. The van der Waals surface area contributed by atoms with Crippen LogP contribution in [0.25, 0.3) is 0 Å². The van der Waals surface area contributed by atoms with Crippen molar-refractivity contribution >= 4 is 28.9 Å². The Morgan fingerprint density at radius 2 is 1.75 bits per heavy atom. The van der Waals surface area contributed by atoms with Gasteiger partial charge in [-0.2, -0.15) is 0 Å². The lowest BCUT2D eigenvalue weighted by Gasteiger charge is -2.16. The Hall–Kier alpha value is -0.380. The summed E-state index contributed by atoms with van der Waals surface area (Å²) < 4.78 is 1.19. The molecule has 2 heteroatoms. The van der Waals surface area contributed by atoms with Crippen LogP contribution in [0.3, 0.4) is 0 Å². The summed E-state index contributed by atoms with van der Waals surface area (Å²) in [5, 5.41) is 0. The predicted molar refractivity (Wildman–Crippen MR) is 58.2 cm³/mol. The second-order valence-electron chi connectivity index (χ2n) is 3.35. The summed E-state index contributed by atoms with van der Waals surface area (Å²) in [5.41, 5.74) is 0.711. The van der Waals surface area contributed by atoms with E-state index in [9.17, 15) is 4.79 Å². The van der Waals surface area contributed by atoms with E-state index in [1.807, 2.05) is 38.1 Å². The minimum absolute atomic E-state index is 0.357. The van der Waals surface area contributed by atoms with Crippen LogP contribution >= 0.6 is 22.6 Å². The van der Waals surface area contributed by atoms with E-state index in [0.717, 1.165) is 11.8 Å². The van der Waals surface area contributed by atoms with E-state index < -0.39 is 0 Å². The number of benzene rings is 1. The number of carbonyl (C=O) groups is 1. The largest absolute Gasteiger partial charge is 0.302 e. The Morgan fingerprint density at radius 1 is 1.25 bits per heavy atom. The summed E-state index contributed by atoms with van der Waals surface area (Å²) in [6.45, 7) is 3.84. The Morgan fingerprint density at radius 3 is 2.17 bits per heavy atom. The van der Waals surface area contributed by atoms with Crippen molar-refractivity contribution in [1.29, 1.82) is 0 Å². The monoisotopic (exact) mass is 274 g/mol. The Balaban J connectivity index is 3.04. The van der Waals surface area contributed by atoms with Gasteiger partial charge in [0.1, 0.15) is 6.29 Å². The lowest BCUT2D eigenvalue weighted by Crippen LogP contribution is -2.18. The molecule has 1 aromatic carbocycles. The zero-order valence-electron chi connectivity index (χ0n) is 7.17. The summed E-state index contributed by atoms with van der Waals surface area (Å²) >= 11 is 2.25. The summed E-state index contributed by atoms with van der Waals surface area (Å²) in [6.07, 6.45) is 0.981. The van der Waals surface area contributed by atoms with Crippen molar-refractivity contribution in [1.82, 2.24) is 0 Å². The highest BCUT2D eigenvalue weighted by molar-refractivity contribution is 14.1. The van der Waals surface area contributed by atoms with Gasteiger partial charge in [0, 0.05) is 8.99 Å². The van der Waals surface area contributed by atoms with Gasteiger partial charge in [-0.05, 0) is 54.1 Å². The van der Waals surface area contributed by atoms with Crippen LogP contribution in [0.15, 0.2) is 24.3 Å². The molecule has 0 fully saturated rings. The molecule has 12 heavy (non-hydrogen) atoms. The van der Waals surface area contributed by atoms with Crippen LogP contribution in [0.5, 0.6) is 0 Å². The molecular weight excluding hydrogens is 263 g/mol. The average molecular weight is 274 g/mol.